The van der Waals surface area contributed by atoms with Crippen molar-refractivity contribution in [3.8, 4) is 0 Å². The van der Waals surface area contributed by atoms with Crippen molar-refractivity contribution in [1.29, 1.82) is 0 Å². The maximum absolute atomic E-state index is 8.75. The highest BCUT2D eigenvalue weighted by molar-refractivity contribution is 4.73. The molecule has 1 aliphatic rings. The Morgan fingerprint density at radius 3 is 2.80 bits per heavy atom. The summed E-state index contributed by atoms with van der Waals surface area (Å²) >= 11 is 0. The van der Waals surface area contributed by atoms with Gasteiger partial charge in [0, 0.05) is 19.8 Å². The summed E-state index contributed by atoms with van der Waals surface area (Å²) < 4.78 is 11.0. The molecule has 90 valence electrons. The Morgan fingerprint density at radius 1 is 1.40 bits per heavy atom. The summed E-state index contributed by atoms with van der Waals surface area (Å²) in [7, 11) is 1.76. The average molecular weight is 217 g/mol. The van der Waals surface area contributed by atoms with Crippen LogP contribution in [0.2, 0.25) is 0 Å². The number of hydrogen-bond donors (Lipinski definition) is 2. The standard InChI is InChI=1S/C11H23NO3/c1-14-10-3-2-4-11(7-10)15-6-5-9(12)8-13/h9-11,13H,2-8,12H2,1H3. The predicted molar refractivity (Wildman–Crippen MR) is 58.7 cm³/mol. The number of aliphatic hydroxyl groups is 1. The highest BCUT2D eigenvalue weighted by atomic mass is 16.5. The maximum atomic E-state index is 8.75. The minimum absolute atomic E-state index is 0.0364. The summed E-state index contributed by atoms with van der Waals surface area (Å²) in [6.07, 6.45) is 5.83. The van der Waals surface area contributed by atoms with Gasteiger partial charge in [0.05, 0.1) is 18.8 Å². The SMILES string of the molecule is COC1CCCC(OCCC(N)CO)C1. The van der Waals surface area contributed by atoms with Gasteiger partial charge in [-0.3, -0.25) is 0 Å². The van der Waals surface area contributed by atoms with Crippen LogP contribution in [0.4, 0.5) is 0 Å². The molecule has 0 heterocycles. The first kappa shape index (κ1) is 12.9. The van der Waals surface area contributed by atoms with E-state index in [9.17, 15) is 0 Å². The molecule has 0 bridgehead atoms. The molecule has 0 aromatic heterocycles. The second kappa shape index (κ2) is 7.17. The van der Waals surface area contributed by atoms with Gasteiger partial charge in [-0.25, -0.2) is 0 Å². The van der Waals surface area contributed by atoms with E-state index in [4.69, 9.17) is 20.3 Å². The Hall–Kier alpha value is -0.160. The second-order valence-electron chi connectivity index (χ2n) is 4.25. The van der Waals surface area contributed by atoms with E-state index in [1.807, 2.05) is 0 Å². The van der Waals surface area contributed by atoms with Crippen LogP contribution in [0.3, 0.4) is 0 Å². The Balaban J connectivity index is 2.10. The zero-order valence-electron chi connectivity index (χ0n) is 9.52. The lowest BCUT2D eigenvalue weighted by atomic mass is 9.95. The summed E-state index contributed by atoms with van der Waals surface area (Å²) in [5.74, 6) is 0. The average Bonchev–Trinajstić information content (AvgIpc) is 2.29. The molecule has 1 fully saturated rings. The first-order chi connectivity index (χ1) is 7.26. The fourth-order valence-electron chi connectivity index (χ4n) is 1.94. The predicted octanol–water partition coefficient (Wildman–Crippen LogP) is 0.670. The smallest absolute Gasteiger partial charge is 0.0599 e. The molecular weight excluding hydrogens is 194 g/mol. The highest BCUT2D eigenvalue weighted by Crippen LogP contribution is 2.23. The normalized spacial score (nSPS) is 29.0. The number of nitrogens with two attached hydrogens (primary N) is 1. The summed E-state index contributed by atoms with van der Waals surface area (Å²) in [6.45, 7) is 0.678. The molecule has 3 unspecified atom stereocenters. The quantitative estimate of drug-likeness (QED) is 0.686. The van der Waals surface area contributed by atoms with E-state index in [1.165, 1.54) is 6.42 Å². The molecule has 4 heteroatoms. The second-order valence-corrected chi connectivity index (χ2v) is 4.25. The van der Waals surface area contributed by atoms with Crippen LogP contribution in [0.1, 0.15) is 32.1 Å². The zero-order valence-corrected chi connectivity index (χ0v) is 9.52. The lowest BCUT2D eigenvalue weighted by Gasteiger charge is -2.28. The summed E-state index contributed by atoms with van der Waals surface area (Å²) in [5.41, 5.74) is 5.59. The van der Waals surface area contributed by atoms with Gasteiger partial charge < -0.3 is 20.3 Å². The van der Waals surface area contributed by atoms with Crippen LogP contribution in [0.25, 0.3) is 0 Å². The molecule has 1 saturated carbocycles. The van der Waals surface area contributed by atoms with Crippen molar-refractivity contribution in [1.82, 2.24) is 0 Å². The van der Waals surface area contributed by atoms with Crippen molar-refractivity contribution in [3.63, 3.8) is 0 Å². The molecule has 4 nitrogen and oxygen atoms in total. The molecular formula is C11H23NO3. The molecule has 15 heavy (non-hydrogen) atoms. The van der Waals surface area contributed by atoms with E-state index in [1.54, 1.807) is 7.11 Å². The van der Waals surface area contributed by atoms with Crippen molar-refractivity contribution in [2.75, 3.05) is 20.3 Å². The van der Waals surface area contributed by atoms with Crippen molar-refractivity contribution < 1.29 is 14.6 Å². The Kier molecular flexibility index (Phi) is 6.17. The number of methoxy groups -OCH3 is 1. The van der Waals surface area contributed by atoms with Crippen molar-refractivity contribution in [2.24, 2.45) is 5.73 Å². The van der Waals surface area contributed by atoms with Gasteiger partial charge in [-0.2, -0.15) is 0 Å². The van der Waals surface area contributed by atoms with E-state index in [2.05, 4.69) is 0 Å². The van der Waals surface area contributed by atoms with E-state index in [0.29, 0.717) is 18.8 Å². The Morgan fingerprint density at radius 2 is 2.13 bits per heavy atom. The van der Waals surface area contributed by atoms with Gasteiger partial charge in [0.15, 0.2) is 0 Å². The Bertz CT molecular complexity index is 166. The van der Waals surface area contributed by atoms with Crippen LogP contribution in [-0.2, 0) is 9.47 Å². The van der Waals surface area contributed by atoms with Crippen LogP contribution in [0, 0.1) is 0 Å². The number of ether oxygens (including phenoxy) is 2. The van der Waals surface area contributed by atoms with Crippen LogP contribution in [0.15, 0.2) is 0 Å². The van der Waals surface area contributed by atoms with E-state index < -0.39 is 0 Å². The first-order valence-corrected chi connectivity index (χ1v) is 5.77. The monoisotopic (exact) mass is 217 g/mol. The van der Waals surface area contributed by atoms with Crippen molar-refractivity contribution >= 4 is 0 Å². The molecule has 0 amide bonds. The van der Waals surface area contributed by atoms with Crippen molar-refractivity contribution in [2.45, 2.75) is 50.4 Å². The van der Waals surface area contributed by atoms with Gasteiger partial charge in [-0.1, -0.05) is 0 Å². The van der Waals surface area contributed by atoms with Gasteiger partial charge in [-0.15, -0.1) is 0 Å². The number of aliphatic hydroxyl groups excluding tert-OH is 1. The maximum Gasteiger partial charge on any atom is 0.0599 e. The van der Waals surface area contributed by atoms with Crippen molar-refractivity contribution in [3.05, 3.63) is 0 Å². The van der Waals surface area contributed by atoms with Crippen LogP contribution in [0.5, 0.6) is 0 Å². The minimum atomic E-state index is -0.146. The molecule has 0 aromatic carbocycles. The third-order valence-corrected chi connectivity index (χ3v) is 2.99. The Labute approximate surface area is 91.7 Å². The largest absolute Gasteiger partial charge is 0.395 e. The lowest BCUT2D eigenvalue weighted by molar-refractivity contribution is -0.0317. The molecule has 3 atom stereocenters. The lowest BCUT2D eigenvalue weighted by Crippen LogP contribution is -2.30. The highest BCUT2D eigenvalue weighted by Gasteiger charge is 2.21. The van der Waals surface area contributed by atoms with Gasteiger partial charge in [0.2, 0.25) is 0 Å². The molecule has 0 radical (unpaired) electrons. The first-order valence-electron chi connectivity index (χ1n) is 5.77. The number of hydrogen-bond acceptors (Lipinski definition) is 4. The molecule has 0 saturated heterocycles. The van der Waals surface area contributed by atoms with E-state index in [-0.39, 0.29) is 12.6 Å². The molecule has 1 rings (SSSR count). The molecule has 3 N–H and O–H groups in total. The molecule has 0 spiro atoms. The van der Waals surface area contributed by atoms with Gasteiger partial charge in [-0.05, 0) is 32.1 Å². The van der Waals surface area contributed by atoms with Crippen LogP contribution >= 0.6 is 0 Å². The van der Waals surface area contributed by atoms with E-state index in [0.717, 1.165) is 25.7 Å². The summed E-state index contributed by atoms with van der Waals surface area (Å²) in [6, 6.07) is -0.146. The van der Waals surface area contributed by atoms with Crippen LogP contribution in [-0.4, -0.2) is 43.7 Å². The fraction of sp³-hybridized carbons (Fsp3) is 1.00. The molecule has 0 aliphatic heterocycles. The topological polar surface area (TPSA) is 64.7 Å². The van der Waals surface area contributed by atoms with Crippen LogP contribution < -0.4 is 5.73 Å². The van der Waals surface area contributed by atoms with Gasteiger partial charge >= 0.3 is 0 Å². The van der Waals surface area contributed by atoms with Gasteiger partial charge in [0.25, 0.3) is 0 Å². The minimum Gasteiger partial charge on any atom is -0.395 e. The fourth-order valence-corrected chi connectivity index (χ4v) is 1.94. The zero-order chi connectivity index (χ0) is 11.1. The van der Waals surface area contributed by atoms with E-state index >= 15 is 0 Å². The molecule has 0 aromatic rings. The third kappa shape index (κ3) is 4.93. The third-order valence-electron chi connectivity index (χ3n) is 2.99. The summed E-state index contributed by atoms with van der Waals surface area (Å²) in [4.78, 5) is 0. The van der Waals surface area contributed by atoms with Gasteiger partial charge in [0.1, 0.15) is 0 Å². The number of rotatable bonds is 6. The summed E-state index contributed by atoms with van der Waals surface area (Å²) in [5, 5.41) is 8.75. The molecule has 1 aliphatic carbocycles.